The molecule has 0 heterocycles. The second-order valence-corrected chi connectivity index (χ2v) is 4.74. The van der Waals surface area contributed by atoms with Crippen LogP contribution in [0.3, 0.4) is 0 Å². The molecule has 1 aromatic carbocycles. The van der Waals surface area contributed by atoms with Gasteiger partial charge in [0.15, 0.2) is 5.76 Å². The summed E-state index contributed by atoms with van der Waals surface area (Å²) in [6.07, 6.45) is 2.10. The minimum Gasteiger partial charge on any atom is -0.504 e. The van der Waals surface area contributed by atoms with E-state index in [0.717, 1.165) is 11.3 Å². The number of hydrogen-bond donors (Lipinski definition) is 2. The van der Waals surface area contributed by atoms with Crippen molar-refractivity contribution in [3.05, 3.63) is 52.8 Å². The van der Waals surface area contributed by atoms with Gasteiger partial charge in [-0.25, -0.2) is 0 Å². The Balaban J connectivity index is 2.42. The molecule has 0 radical (unpaired) electrons. The smallest absolute Gasteiger partial charge is 0.223 e. The Bertz CT molecular complexity index is 567. The van der Waals surface area contributed by atoms with Crippen molar-refractivity contribution in [3.63, 3.8) is 0 Å². The summed E-state index contributed by atoms with van der Waals surface area (Å²) < 4.78 is 5.12. The monoisotopic (exact) mass is 274 g/mol. The Kier molecular flexibility index (Phi) is 4.25. The highest BCUT2D eigenvalue weighted by Gasteiger charge is 2.35. The number of carbonyl (C=O) groups excluding carboxylic acids is 1. The number of ketones is 1. The van der Waals surface area contributed by atoms with E-state index in [1.54, 1.807) is 20.1 Å². The van der Waals surface area contributed by atoms with Crippen molar-refractivity contribution in [2.75, 3.05) is 13.7 Å². The number of aliphatic hydroxyl groups excluding tert-OH is 2. The summed E-state index contributed by atoms with van der Waals surface area (Å²) in [5, 5.41) is 18.8. The number of methoxy groups -OCH3 is 1. The fraction of sp³-hybridized carbons (Fsp3) is 0.312. The molecule has 1 aromatic rings. The normalized spacial score (nSPS) is 20.9. The summed E-state index contributed by atoms with van der Waals surface area (Å²) in [4.78, 5) is 12.0. The van der Waals surface area contributed by atoms with Crippen LogP contribution < -0.4 is 4.74 Å². The standard InChI is InChI=1S/C16H18O4/c1-10-14(11-5-7-12(20-2)8-6-11)13(4-3-9-17)16(19)15(10)18/h4-8,14,17-18H,3,9H2,1-2H3/b13-4+. The molecule has 0 aromatic heterocycles. The zero-order chi connectivity index (χ0) is 14.7. The average molecular weight is 274 g/mol. The summed E-state index contributed by atoms with van der Waals surface area (Å²) in [6.45, 7) is 1.73. The van der Waals surface area contributed by atoms with Crippen LogP contribution in [0.25, 0.3) is 0 Å². The molecule has 0 fully saturated rings. The first-order valence-electron chi connectivity index (χ1n) is 6.49. The maximum Gasteiger partial charge on any atom is 0.223 e. The molecule has 0 aliphatic heterocycles. The van der Waals surface area contributed by atoms with Gasteiger partial charge in [0, 0.05) is 18.1 Å². The number of allylic oxidation sites excluding steroid dienone is 2. The number of aliphatic hydroxyl groups is 2. The number of hydrogen-bond acceptors (Lipinski definition) is 4. The highest BCUT2D eigenvalue weighted by Crippen LogP contribution is 2.40. The number of rotatable bonds is 4. The summed E-state index contributed by atoms with van der Waals surface area (Å²) in [6, 6.07) is 7.41. The first-order chi connectivity index (χ1) is 9.60. The van der Waals surface area contributed by atoms with Crippen LogP contribution >= 0.6 is 0 Å². The van der Waals surface area contributed by atoms with Gasteiger partial charge >= 0.3 is 0 Å². The molecule has 0 amide bonds. The lowest BCUT2D eigenvalue weighted by atomic mass is 9.89. The van der Waals surface area contributed by atoms with Crippen molar-refractivity contribution < 1.29 is 19.7 Å². The van der Waals surface area contributed by atoms with Crippen molar-refractivity contribution in [2.45, 2.75) is 19.3 Å². The van der Waals surface area contributed by atoms with Gasteiger partial charge in [-0.3, -0.25) is 4.79 Å². The molecule has 2 rings (SSSR count). The number of ether oxygens (including phenoxy) is 1. The van der Waals surface area contributed by atoms with Gasteiger partial charge in [0.25, 0.3) is 0 Å². The highest BCUT2D eigenvalue weighted by atomic mass is 16.5. The van der Waals surface area contributed by atoms with Crippen molar-refractivity contribution >= 4 is 5.78 Å². The predicted molar refractivity (Wildman–Crippen MR) is 75.9 cm³/mol. The molecule has 1 unspecified atom stereocenters. The van der Waals surface area contributed by atoms with Crippen LogP contribution in [0.2, 0.25) is 0 Å². The predicted octanol–water partition coefficient (Wildman–Crippen LogP) is 2.50. The maximum atomic E-state index is 12.0. The molecule has 4 nitrogen and oxygen atoms in total. The van der Waals surface area contributed by atoms with Crippen molar-refractivity contribution in [1.29, 1.82) is 0 Å². The lowest BCUT2D eigenvalue weighted by molar-refractivity contribution is -0.114. The topological polar surface area (TPSA) is 66.8 Å². The fourth-order valence-electron chi connectivity index (χ4n) is 2.47. The molecular formula is C16H18O4. The number of carbonyl (C=O) groups is 1. The van der Waals surface area contributed by atoms with Crippen molar-refractivity contribution in [1.82, 2.24) is 0 Å². The molecule has 0 spiro atoms. The van der Waals surface area contributed by atoms with E-state index in [9.17, 15) is 9.90 Å². The van der Waals surface area contributed by atoms with Gasteiger partial charge in [0.2, 0.25) is 5.78 Å². The van der Waals surface area contributed by atoms with Gasteiger partial charge in [0.05, 0.1) is 7.11 Å². The zero-order valence-corrected chi connectivity index (χ0v) is 11.6. The lowest BCUT2D eigenvalue weighted by Crippen LogP contribution is -2.05. The number of benzene rings is 1. The SMILES string of the molecule is COc1ccc(C2C(C)=C(O)C(=O)/C2=C/CCO)cc1. The van der Waals surface area contributed by atoms with E-state index in [0.29, 0.717) is 17.6 Å². The zero-order valence-electron chi connectivity index (χ0n) is 11.6. The number of Topliss-reactive ketones (excluding diaryl/α,β-unsaturated/α-hetero) is 1. The Labute approximate surface area is 118 Å². The van der Waals surface area contributed by atoms with E-state index in [1.807, 2.05) is 24.3 Å². The summed E-state index contributed by atoms with van der Waals surface area (Å²) in [5.41, 5.74) is 2.09. The lowest BCUT2D eigenvalue weighted by Gasteiger charge is -2.14. The third kappa shape index (κ3) is 2.47. The van der Waals surface area contributed by atoms with Crippen LogP contribution in [0, 0.1) is 0 Å². The summed E-state index contributed by atoms with van der Waals surface area (Å²) in [5.74, 6) is -0.0449. The van der Waals surface area contributed by atoms with Gasteiger partial charge in [-0.05, 0) is 36.6 Å². The highest BCUT2D eigenvalue weighted by molar-refractivity contribution is 6.11. The van der Waals surface area contributed by atoms with Gasteiger partial charge in [-0.1, -0.05) is 18.2 Å². The molecule has 20 heavy (non-hydrogen) atoms. The van der Waals surface area contributed by atoms with E-state index in [-0.39, 0.29) is 24.1 Å². The largest absolute Gasteiger partial charge is 0.504 e. The van der Waals surface area contributed by atoms with Crippen LogP contribution in [0.15, 0.2) is 47.2 Å². The Morgan fingerprint density at radius 1 is 1.30 bits per heavy atom. The molecule has 0 bridgehead atoms. The van der Waals surface area contributed by atoms with Gasteiger partial charge in [-0.2, -0.15) is 0 Å². The van der Waals surface area contributed by atoms with E-state index in [4.69, 9.17) is 9.84 Å². The van der Waals surface area contributed by atoms with Crippen LogP contribution in [-0.2, 0) is 4.79 Å². The summed E-state index contributed by atoms with van der Waals surface area (Å²) in [7, 11) is 1.59. The quantitative estimate of drug-likeness (QED) is 0.828. The molecule has 1 aliphatic carbocycles. The van der Waals surface area contributed by atoms with Gasteiger partial charge < -0.3 is 14.9 Å². The van der Waals surface area contributed by atoms with Crippen molar-refractivity contribution in [3.8, 4) is 5.75 Å². The van der Waals surface area contributed by atoms with E-state index in [2.05, 4.69) is 0 Å². The third-order valence-corrected chi connectivity index (χ3v) is 3.54. The average Bonchev–Trinajstić information content (AvgIpc) is 2.69. The van der Waals surface area contributed by atoms with E-state index >= 15 is 0 Å². The molecular weight excluding hydrogens is 256 g/mol. The van der Waals surface area contributed by atoms with Gasteiger partial charge in [-0.15, -0.1) is 0 Å². The van der Waals surface area contributed by atoms with Crippen LogP contribution in [0.4, 0.5) is 0 Å². The molecule has 1 atom stereocenters. The van der Waals surface area contributed by atoms with Crippen LogP contribution in [-0.4, -0.2) is 29.7 Å². The van der Waals surface area contributed by atoms with Gasteiger partial charge in [0.1, 0.15) is 5.75 Å². The second-order valence-electron chi connectivity index (χ2n) is 4.74. The van der Waals surface area contributed by atoms with Crippen molar-refractivity contribution in [2.24, 2.45) is 0 Å². The molecule has 4 heteroatoms. The first-order valence-corrected chi connectivity index (χ1v) is 6.49. The molecule has 106 valence electrons. The minimum atomic E-state index is -0.350. The van der Waals surface area contributed by atoms with Crippen LogP contribution in [0.1, 0.15) is 24.8 Å². The van der Waals surface area contributed by atoms with E-state index < -0.39 is 0 Å². The molecule has 2 N–H and O–H groups in total. The fourth-order valence-corrected chi connectivity index (χ4v) is 2.47. The maximum absolute atomic E-state index is 12.0. The molecule has 0 saturated carbocycles. The van der Waals surface area contributed by atoms with E-state index in [1.165, 1.54) is 0 Å². The second kappa shape index (κ2) is 5.92. The summed E-state index contributed by atoms with van der Waals surface area (Å²) >= 11 is 0. The Morgan fingerprint density at radius 2 is 1.95 bits per heavy atom. The Hall–Kier alpha value is -2.07. The molecule has 1 aliphatic rings. The first kappa shape index (κ1) is 14.3. The molecule has 0 saturated heterocycles. The van der Waals surface area contributed by atoms with Crippen LogP contribution in [0.5, 0.6) is 5.75 Å². The third-order valence-electron chi connectivity index (χ3n) is 3.54. The Morgan fingerprint density at radius 3 is 2.50 bits per heavy atom. The minimum absolute atomic E-state index is 0.0219.